The van der Waals surface area contributed by atoms with Crippen LogP contribution in [0.15, 0.2) is 17.0 Å². The molecule has 0 radical (unpaired) electrons. The minimum Gasteiger partial charge on any atom is -0.378 e. The van der Waals surface area contributed by atoms with Crippen LogP contribution in [0, 0.1) is 0 Å². The van der Waals surface area contributed by atoms with Gasteiger partial charge in [-0.1, -0.05) is 13.8 Å². The number of nitrogens with zero attached hydrogens (tertiary/aromatic N) is 4. The highest BCUT2D eigenvalue weighted by molar-refractivity contribution is 9.10. The predicted molar refractivity (Wildman–Crippen MR) is 77.8 cm³/mol. The van der Waals surface area contributed by atoms with Crippen LogP contribution in [0.4, 0.5) is 5.82 Å². The summed E-state index contributed by atoms with van der Waals surface area (Å²) in [6.45, 7) is 7.54. The van der Waals surface area contributed by atoms with E-state index in [1.807, 2.05) is 12.4 Å². The average molecular weight is 325 g/mol. The number of imidazole rings is 1. The van der Waals surface area contributed by atoms with Crippen LogP contribution in [0.2, 0.25) is 0 Å². The molecule has 1 aliphatic rings. The van der Waals surface area contributed by atoms with Crippen molar-refractivity contribution in [1.82, 2.24) is 14.4 Å². The van der Waals surface area contributed by atoms with Crippen LogP contribution in [0.25, 0.3) is 5.65 Å². The number of anilines is 1. The largest absolute Gasteiger partial charge is 0.378 e. The Labute approximate surface area is 120 Å². The molecule has 1 saturated heterocycles. The molecule has 0 spiro atoms. The second-order valence-corrected chi connectivity index (χ2v) is 5.74. The standard InChI is InChI=1S/C13H17BrN4O/c1-9(2)10-11(14)18-4-3-15-12(13(18)16-10)17-5-7-19-8-6-17/h3-4,9H,5-8H2,1-2H3. The minimum atomic E-state index is 0.381. The third kappa shape index (κ3) is 2.23. The summed E-state index contributed by atoms with van der Waals surface area (Å²) >= 11 is 3.64. The quantitative estimate of drug-likeness (QED) is 0.851. The lowest BCUT2D eigenvalue weighted by molar-refractivity contribution is 0.122. The molecule has 0 atom stereocenters. The molecular weight excluding hydrogens is 308 g/mol. The molecule has 3 heterocycles. The lowest BCUT2D eigenvalue weighted by atomic mass is 10.2. The number of rotatable bonds is 2. The molecule has 102 valence electrons. The zero-order valence-corrected chi connectivity index (χ0v) is 12.7. The maximum atomic E-state index is 5.39. The van der Waals surface area contributed by atoms with Gasteiger partial charge in [0.1, 0.15) is 4.60 Å². The van der Waals surface area contributed by atoms with Crippen LogP contribution < -0.4 is 4.90 Å². The second kappa shape index (κ2) is 5.09. The van der Waals surface area contributed by atoms with Gasteiger partial charge in [0.2, 0.25) is 0 Å². The van der Waals surface area contributed by atoms with Gasteiger partial charge in [-0.15, -0.1) is 0 Å². The molecule has 0 saturated carbocycles. The molecule has 1 fully saturated rings. The molecule has 0 aromatic carbocycles. The molecule has 0 aliphatic carbocycles. The van der Waals surface area contributed by atoms with Crippen molar-refractivity contribution < 1.29 is 4.74 Å². The summed E-state index contributed by atoms with van der Waals surface area (Å²) in [5, 5.41) is 0. The molecule has 6 heteroatoms. The Kier molecular flexibility index (Phi) is 3.45. The van der Waals surface area contributed by atoms with E-state index in [0.717, 1.165) is 48.1 Å². The van der Waals surface area contributed by atoms with Crippen molar-refractivity contribution in [1.29, 1.82) is 0 Å². The summed E-state index contributed by atoms with van der Waals surface area (Å²) in [7, 11) is 0. The van der Waals surface area contributed by atoms with E-state index in [-0.39, 0.29) is 0 Å². The third-order valence-corrected chi connectivity index (χ3v) is 4.14. The normalized spacial score (nSPS) is 16.5. The zero-order chi connectivity index (χ0) is 13.4. The highest BCUT2D eigenvalue weighted by Crippen LogP contribution is 2.29. The van der Waals surface area contributed by atoms with E-state index in [0.29, 0.717) is 5.92 Å². The van der Waals surface area contributed by atoms with E-state index < -0.39 is 0 Å². The van der Waals surface area contributed by atoms with Gasteiger partial charge in [-0.25, -0.2) is 9.97 Å². The Bertz CT molecular complexity index is 590. The summed E-state index contributed by atoms with van der Waals surface area (Å²) < 4.78 is 8.48. The maximum Gasteiger partial charge on any atom is 0.181 e. The molecule has 0 N–H and O–H groups in total. The first-order valence-electron chi connectivity index (χ1n) is 6.53. The molecule has 3 rings (SSSR count). The first kappa shape index (κ1) is 12.9. The SMILES string of the molecule is CC(C)c1nc2c(N3CCOCC3)nccn2c1Br. The molecule has 0 bridgehead atoms. The lowest BCUT2D eigenvalue weighted by Crippen LogP contribution is -2.37. The van der Waals surface area contributed by atoms with Gasteiger partial charge in [0.25, 0.3) is 0 Å². The van der Waals surface area contributed by atoms with Gasteiger partial charge in [-0.3, -0.25) is 4.40 Å². The van der Waals surface area contributed by atoms with E-state index in [1.54, 1.807) is 0 Å². The van der Waals surface area contributed by atoms with Gasteiger partial charge in [0, 0.05) is 25.5 Å². The molecule has 0 amide bonds. The van der Waals surface area contributed by atoms with Crippen LogP contribution >= 0.6 is 15.9 Å². The van der Waals surface area contributed by atoms with Crippen LogP contribution in [-0.4, -0.2) is 40.7 Å². The lowest BCUT2D eigenvalue weighted by Gasteiger charge is -2.27. The van der Waals surface area contributed by atoms with E-state index in [1.165, 1.54) is 0 Å². The maximum absolute atomic E-state index is 5.39. The van der Waals surface area contributed by atoms with E-state index >= 15 is 0 Å². The number of ether oxygens (including phenoxy) is 1. The van der Waals surface area contributed by atoms with Crippen molar-refractivity contribution in [3.63, 3.8) is 0 Å². The fraction of sp³-hybridized carbons (Fsp3) is 0.538. The van der Waals surface area contributed by atoms with Crippen molar-refractivity contribution >= 4 is 27.4 Å². The van der Waals surface area contributed by atoms with Gasteiger partial charge in [0.05, 0.1) is 18.9 Å². The van der Waals surface area contributed by atoms with Gasteiger partial charge in [-0.2, -0.15) is 0 Å². The minimum absolute atomic E-state index is 0.381. The van der Waals surface area contributed by atoms with E-state index in [4.69, 9.17) is 9.72 Å². The van der Waals surface area contributed by atoms with Gasteiger partial charge < -0.3 is 9.64 Å². The number of morpholine rings is 1. The molecule has 1 aliphatic heterocycles. The van der Waals surface area contributed by atoms with Gasteiger partial charge in [-0.05, 0) is 21.8 Å². The number of fused-ring (bicyclic) bond motifs is 1. The first-order chi connectivity index (χ1) is 9.18. The molecule has 5 nitrogen and oxygen atoms in total. The second-order valence-electron chi connectivity index (χ2n) is 4.99. The number of hydrogen-bond donors (Lipinski definition) is 0. The van der Waals surface area contributed by atoms with Gasteiger partial charge >= 0.3 is 0 Å². The number of aromatic nitrogens is 3. The van der Waals surface area contributed by atoms with Gasteiger partial charge in [0.15, 0.2) is 11.5 Å². The Morgan fingerprint density at radius 3 is 2.74 bits per heavy atom. The van der Waals surface area contributed by atoms with Crippen molar-refractivity contribution in [2.75, 3.05) is 31.2 Å². The Morgan fingerprint density at radius 2 is 2.05 bits per heavy atom. The summed E-state index contributed by atoms with van der Waals surface area (Å²) in [4.78, 5) is 11.5. The highest BCUT2D eigenvalue weighted by Gasteiger charge is 2.20. The van der Waals surface area contributed by atoms with Crippen molar-refractivity contribution in [2.24, 2.45) is 0 Å². The van der Waals surface area contributed by atoms with Crippen LogP contribution in [0.5, 0.6) is 0 Å². The number of hydrogen-bond acceptors (Lipinski definition) is 4. The monoisotopic (exact) mass is 324 g/mol. The summed E-state index contributed by atoms with van der Waals surface area (Å²) in [6.07, 6.45) is 3.77. The molecule has 19 heavy (non-hydrogen) atoms. The van der Waals surface area contributed by atoms with Crippen LogP contribution in [0.3, 0.4) is 0 Å². The summed E-state index contributed by atoms with van der Waals surface area (Å²) in [6, 6.07) is 0. The predicted octanol–water partition coefficient (Wildman–Crippen LogP) is 2.45. The van der Waals surface area contributed by atoms with E-state index in [9.17, 15) is 0 Å². The first-order valence-corrected chi connectivity index (χ1v) is 7.33. The zero-order valence-electron chi connectivity index (χ0n) is 11.1. The molecule has 2 aromatic rings. The fourth-order valence-corrected chi connectivity index (χ4v) is 3.15. The van der Waals surface area contributed by atoms with E-state index in [2.05, 4.69) is 44.1 Å². The Hall–Kier alpha value is -1.14. The third-order valence-electron chi connectivity index (χ3n) is 3.35. The number of halogens is 1. The topological polar surface area (TPSA) is 42.7 Å². The smallest absolute Gasteiger partial charge is 0.181 e. The summed E-state index contributed by atoms with van der Waals surface area (Å²) in [5.41, 5.74) is 1.99. The Morgan fingerprint density at radius 1 is 1.32 bits per heavy atom. The van der Waals surface area contributed by atoms with Crippen molar-refractivity contribution in [2.45, 2.75) is 19.8 Å². The van der Waals surface area contributed by atoms with Crippen molar-refractivity contribution in [3.8, 4) is 0 Å². The van der Waals surface area contributed by atoms with Crippen LogP contribution in [0.1, 0.15) is 25.5 Å². The average Bonchev–Trinajstić information content (AvgIpc) is 2.78. The molecule has 2 aromatic heterocycles. The molecule has 0 unspecified atom stereocenters. The van der Waals surface area contributed by atoms with Crippen molar-refractivity contribution in [3.05, 3.63) is 22.7 Å². The highest BCUT2D eigenvalue weighted by atomic mass is 79.9. The fourth-order valence-electron chi connectivity index (χ4n) is 2.32. The Balaban J connectivity index is 2.12. The van der Waals surface area contributed by atoms with Crippen LogP contribution in [-0.2, 0) is 4.74 Å². The summed E-state index contributed by atoms with van der Waals surface area (Å²) in [5.74, 6) is 1.32. The molecular formula is C13H17BrN4O.